The summed E-state index contributed by atoms with van der Waals surface area (Å²) in [6.45, 7) is 4.84. The molecule has 1 unspecified atom stereocenters. The van der Waals surface area contributed by atoms with Gasteiger partial charge in [-0.3, -0.25) is 5.32 Å². The summed E-state index contributed by atoms with van der Waals surface area (Å²) >= 11 is 0. The predicted molar refractivity (Wildman–Crippen MR) is 105 cm³/mol. The number of amides is 1. The Morgan fingerprint density at radius 1 is 1.00 bits per heavy atom. The molecule has 3 nitrogen and oxygen atoms in total. The van der Waals surface area contributed by atoms with E-state index in [9.17, 15) is 4.79 Å². The van der Waals surface area contributed by atoms with E-state index >= 15 is 0 Å². The number of unbranched alkanes of at least 4 members (excludes halogenated alkanes) is 2. The molecule has 2 aromatic carbocycles. The van der Waals surface area contributed by atoms with Crippen molar-refractivity contribution in [3.8, 4) is 11.1 Å². The lowest BCUT2D eigenvalue weighted by Gasteiger charge is -2.16. The van der Waals surface area contributed by atoms with Crippen molar-refractivity contribution >= 4 is 11.8 Å². The Morgan fingerprint density at radius 2 is 1.72 bits per heavy atom. The minimum absolute atomic E-state index is 0.377. The van der Waals surface area contributed by atoms with Crippen molar-refractivity contribution in [3.63, 3.8) is 0 Å². The van der Waals surface area contributed by atoms with Crippen molar-refractivity contribution in [2.75, 3.05) is 11.9 Å². The molecule has 1 amide bonds. The number of para-hydroxylation sites is 1. The van der Waals surface area contributed by atoms with Crippen molar-refractivity contribution < 1.29 is 9.53 Å². The summed E-state index contributed by atoms with van der Waals surface area (Å²) < 4.78 is 5.47. The van der Waals surface area contributed by atoms with Crippen LogP contribution in [0.25, 0.3) is 11.1 Å². The second kappa shape index (κ2) is 10.5. The Bertz CT molecular complexity index is 639. The van der Waals surface area contributed by atoms with Gasteiger partial charge in [-0.05, 0) is 24.0 Å². The number of ether oxygens (including phenoxy) is 1. The number of anilines is 1. The average molecular weight is 339 g/mol. The fraction of sp³-hybridized carbons (Fsp3) is 0.409. The molecule has 0 bridgehead atoms. The van der Waals surface area contributed by atoms with Gasteiger partial charge in [-0.2, -0.15) is 0 Å². The maximum atomic E-state index is 12.2. The fourth-order valence-corrected chi connectivity index (χ4v) is 2.89. The third-order valence-electron chi connectivity index (χ3n) is 4.49. The van der Waals surface area contributed by atoms with Crippen LogP contribution in [-0.2, 0) is 4.74 Å². The first-order chi connectivity index (χ1) is 12.2. The van der Waals surface area contributed by atoms with Crippen LogP contribution in [0.1, 0.15) is 46.0 Å². The van der Waals surface area contributed by atoms with Gasteiger partial charge in [-0.15, -0.1) is 0 Å². The van der Waals surface area contributed by atoms with Crippen LogP contribution in [0.4, 0.5) is 10.5 Å². The van der Waals surface area contributed by atoms with Gasteiger partial charge in [0.25, 0.3) is 0 Å². The van der Waals surface area contributed by atoms with Crippen LogP contribution in [-0.4, -0.2) is 12.7 Å². The van der Waals surface area contributed by atoms with Crippen LogP contribution in [0.2, 0.25) is 0 Å². The molecule has 3 heteroatoms. The standard InChI is InChI=1S/C22H29NO2/c1-3-5-7-12-18(4-2)17-25-22(24)23-21-16-11-10-15-20(21)19-13-8-6-9-14-19/h6,8-11,13-16,18H,3-5,7,12,17H2,1-2H3,(H,23,24). The third-order valence-corrected chi connectivity index (χ3v) is 4.49. The van der Waals surface area contributed by atoms with E-state index in [1.54, 1.807) is 0 Å². The largest absolute Gasteiger partial charge is 0.449 e. The van der Waals surface area contributed by atoms with E-state index in [-0.39, 0.29) is 6.09 Å². The molecule has 0 aliphatic rings. The molecule has 0 heterocycles. The van der Waals surface area contributed by atoms with Crippen LogP contribution in [0, 0.1) is 5.92 Å². The lowest BCUT2D eigenvalue weighted by atomic mass is 10.00. The van der Waals surface area contributed by atoms with E-state index in [1.807, 2.05) is 54.6 Å². The molecule has 25 heavy (non-hydrogen) atoms. The Labute approximate surface area is 151 Å². The van der Waals surface area contributed by atoms with Crippen LogP contribution >= 0.6 is 0 Å². The summed E-state index contributed by atoms with van der Waals surface area (Å²) in [6.07, 6.45) is 5.45. The fourth-order valence-electron chi connectivity index (χ4n) is 2.89. The van der Waals surface area contributed by atoms with Crippen molar-refractivity contribution in [1.29, 1.82) is 0 Å². The molecular formula is C22H29NO2. The molecule has 0 saturated heterocycles. The van der Waals surface area contributed by atoms with Gasteiger partial charge in [0.05, 0.1) is 12.3 Å². The van der Waals surface area contributed by atoms with Gasteiger partial charge in [0, 0.05) is 5.56 Å². The molecule has 0 spiro atoms. The van der Waals surface area contributed by atoms with Gasteiger partial charge < -0.3 is 4.74 Å². The minimum Gasteiger partial charge on any atom is -0.449 e. The maximum Gasteiger partial charge on any atom is 0.411 e. The van der Waals surface area contributed by atoms with Crippen molar-refractivity contribution in [2.24, 2.45) is 5.92 Å². The molecule has 134 valence electrons. The van der Waals surface area contributed by atoms with Crippen LogP contribution in [0.3, 0.4) is 0 Å². The van der Waals surface area contributed by atoms with E-state index in [0.717, 1.165) is 29.7 Å². The SMILES string of the molecule is CCCCCC(CC)COC(=O)Nc1ccccc1-c1ccccc1. The van der Waals surface area contributed by atoms with Crippen LogP contribution in [0.15, 0.2) is 54.6 Å². The number of hydrogen-bond acceptors (Lipinski definition) is 2. The Kier molecular flexibility index (Phi) is 8.03. The minimum atomic E-state index is -0.377. The quantitative estimate of drug-likeness (QED) is 0.529. The zero-order valence-electron chi connectivity index (χ0n) is 15.3. The highest BCUT2D eigenvalue weighted by atomic mass is 16.5. The third kappa shape index (κ3) is 6.26. The summed E-state index contributed by atoms with van der Waals surface area (Å²) in [4.78, 5) is 12.2. The first kappa shape index (κ1) is 19.0. The van der Waals surface area contributed by atoms with Crippen molar-refractivity contribution in [2.45, 2.75) is 46.0 Å². The molecule has 1 N–H and O–H groups in total. The lowest BCUT2D eigenvalue weighted by molar-refractivity contribution is 0.136. The topological polar surface area (TPSA) is 38.3 Å². The Hall–Kier alpha value is -2.29. The number of benzene rings is 2. The highest BCUT2D eigenvalue weighted by Gasteiger charge is 2.12. The molecule has 0 saturated carbocycles. The lowest BCUT2D eigenvalue weighted by Crippen LogP contribution is -2.19. The highest BCUT2D eigenvalue weighted by Crippen LogP contribution is 2.27. The van der Waals surface area contributed by atoms with Gasteiger partial charge in [-0.1, -0.05) is 88.1 Å². The molecule has 0 aliphatic carbocycles. The summed E-state index contributed by atoms with van der Waals surface area (Å²) in [5.41, 5.74) is 2.84. The second-order valence-electron chi connectivity index (χ2n) is 6.41. The van der Waals surface area contributed by atoms with Gasteiger partial charge in [0.2, 0.25) is 0 Å². The molecule has 2 rings (SSSR count). The van der Waals surface area contributed by atoms with Crippen molar-refractivity contribution in [3.05, 3.63) is 54.6 Å². The zero-order valence-corrected chi connectivity index (χ0v) is 15.3. The number of carbonyl (C=O) groups is 1. The molecule has 0 aromatic heterocycles. The smallest absolute Gasteiger partial charge is 0.411 e. The molecule has 0 aliphatic heterocycles. The summed E-state index contributed by atoms with van der Waals surface area (Å²) in [6, 6.07) is 17.8. The monoisotopic (exact) mass is 339 g/mol. The summed E-state index contributed by atoms with van der Waals surface area (Å²) in [5, 5.41) is 2.89. The average Bonchev–Trinajstić information content (AvgIpc) is 2.65. The van der Waals surface area contributed by atoms with Crippen molar-refractivity contribution in [1.82, 2.24) is 0 Å². The van der Waals surface area contributed by atoms with Crippen LogP contribution in [0.5, 0.6) is 0 Å². The Balaban J connectivity index is 1.93. The van der Waals surface area contributed by atoms with E-state index in [4.69, 9.17) is 4.74 Å². The molecule has 0 fully saturated rings. The van der Waals surface area contributed by atoms with Gasteiger partial charge >= 0.3 is 6.09 Å². The normalized spacial score (nSPS) is 11.8. The van der Waals surface area contributed by atoms with Gasteiger partial charge in [-0.25, -0.2) is 4.79 Å². The van der Waals surface area contributed by atoms with E-state index in [1.165, 1.54) is 19.3 Å². The van der Waals surface area contributed by atoms with Gasteiger partial charge in [0.1, 0.15) is 0 Å². The highest BCUT2D eigenvalue weighted by molar-refractivity contribution is 5.91. The molecule has 0 radical (unpaired) electrons. The summed E-state index contributed by atoms with van der Waals surface area (Å²) in [7, 11) is 0. The maximum absolute atomic E-state index is 12.2. The first-order valence-corrected chi connectivity index (χ1v) is 9.32. The van der Waals surface area contributed by atoms with E-state index < -0.39 is 0 Å². The predicted octanol–water partition coefficient (Wildman–Crippen LogP) is 6.51. The Morgan fingerprint density at radius 3 is 2.44 bits per heavy atom. The summed E-state index contributed by atoms with van der Waals surface area (Å²) in [5.74, 6) is 0.446. The van der Waals surface area contributed by atoms with E-state index in [0.29, 0.717) is 12.5 Å². The van der Waals surface area contributed by atoms with Crippen LogP contribution < -0.4 is 5.32 Å². The molecule has 1 atom stereocenters. The number of carbonyl (C=O) groups excluding carboxylic acids is 1. The zero-order chi connectivity index (χ0) is 17.9. The number of rotatable bonds is 9. The second-order valence-corrected chi connectivity index (χ2v) is 6.41. The molecular weight excluding hydrogens is 310 g/mol. The number of nitrogens with one attached hydrogen (secondary N) is 1. The van der Waals surface area contributed by atoms with E-state index in [2.05, 4.69) is 19.2 Å². The number of hydrogen-bond donors (Lipinski definition) is 1. The first-order valence-electron chi connectivity index (χ1n) is 9.32. The van der Waals surface area contributed by atoms with Gasteiger partial charge in [0.15, 0.2) is 0 Å². The molecule has 2 aromatic rings.